The molecule has 0 fully saturated rings. The van der Waals surface area contributed by atoms with Crippen molar-refractivity contribution in [2.45, 2.75) is 39.2 Å². The number of hydrogen-bond donors (Lipinski definition) is 0. The summed E-state index contributed by atoms with van der Waals surface area (Å²) >= 11 is 1.91. The lowest BCUT2D eigenvalue weighted by atomic mass is 9.72. The van der Waals surface area contributed by atoms with E-state index in [9.17, 15) is 0 Å². The molecule has 2 heterocycles. The minimum Gasteiger partial charge on any atom is -0.334 e. The average Bonchev–Trinajstić information content (AvgIpc) is 3.86. The second kappa shape index (κ2) is 16.5. The van der Waals surface area contributed by atoms with Gasteiger partial charge in [0.05, 0.1) is 6.04 Å². The van der Waals surface area contributed by atoms with Crippen LogP contribution in [0.1, 0.15) is 42.7 Å². The van der Waals surface area contributed by atoms with Gasteiger partial charge in [-0.15, -0.1) is 11.3 Å². The maximum atomic E-state index is 2.60. The van der Waals surface area contributed by atoms with E-state index in [0.29, 0.717) is 0 Å². The lowest BCUT2D eigenvalue weighted by Gasteiger charge is -2.36. The maximum absolute atomic E-state index is 2.60. The molecule has 3 unspecified atom stereocenters. The van der Waals surface area contributed by atoms with Crippen molar-refractivity contribution >= 4 is 67.2 Å². The molecule has 4 heteroatoms. The summed E-state index contributed by atoms with van der Waals surface area (Å²) in [7, 11) is 0. The van der Waals surface area contributed by atoms with Crippen molar-refractivity contribution < 1.29 is 0 Å². The molecule has 3 atom stereocenters. The van der Waals surface area contributed by atoms with E-state index in [1.165, 1.54) is 76.8 Å². The SMILES string of the molecule is CC1CC2=C(C=C1c1cc(N(c3ccccc3)c3ccc(-c4ccccc4)cc3)cc(N(c3ccccc3)C3C=Cc4sc5ccccc5c4C3)c1)C1(C)CC=CC=C1N2c1ccccc1. The number of hydrogen-bond acceptors (Lipinski definition) is 4. The first-order valence-electron chi connectivity index (χ1n) is 23.4. The Morgan fingerprint density at radius 2 is 1.24 bits per heavy atom. The zero-order valence-corrected chi connectivity index (χ0v) is 38.2. The lowest BCUT2D eigenvalue weighted by molar-refractivity contribution is 0.504. The third-order valence-electron chi connectivity index (χ3n) is 14.2. The van der Waals surface area contributed by atoms with Gasteiger partial charge in [-0.05, 0) is 156 Å². The molecular formula is C62H51N3S. The Labute approximate surface area is 392 Å². The first-order chi connectivity index (χ1) is 32.5. The number of anilines is 6. The molecule has 7 aromatic carbocycles. The van der Waals surface area contributed by atoms with E-state index in [2.05, 4.69) is 253 Å². The van der Waals surface area contributed by atoms with Crippen molar-refractivity contribution in [3.05, 3.63) is 251 Å². The van der Waals surface area contributed by atoms with Crippen molar-refractivity contribution in [3.63, 3.8) is 0 Å². The molecule has 0 bridgehead atoms. The van der Waals surface area contributed by atoms with Crippen LogP contribution in [0.25, 0.3) is 32.9 Å². The summed E-state index contributed by atoms with van der Waals surface area (Å²) in [6.07, 6.45) is 17.2. The van der Waals surface area contributed by atoms with Gasteiger partial charge in [0.2, 0.25) is 0 Å². The van der Waals surface area contributed by atoms with Gasteiger partial charge < -0.3 is 14.7 Å². The number of allylic oxidation sites excluding steroid dienone is 7. The molecule has 12 rings (SSSR count). The van der Waals surface area contributed by atoms with Crippen molar-refractivity contribution in [1.29, 1.82) is 0 Å². The van der Waals surface area contributed by atoms with Gasteiger partial charge in [0, 0.05) is 60.5 Å². The normalized spacial score (nSPS) is 19.5. The van der Waals surface area contributed by atoms with E-state index >= 15 is 0 Å². The fourth-order valence-corrected chi connectivity index (χ4v) is 12.2. The van der Waals surface area contributed by atoms with E-state index < -0.39 is 0 Å². The number of para-hydroxylation sites is 3. The molecule has 8 aromatic rings. The number of fused-ring (bicyclic) bond motifs is 5. The van der Waals surface area contributed by atoms with Gasteiger partial charge in [-0.1, -0.05) is 146 Å². The highest BCUT2D eigenvalue weighted by Gasteiger charge is 2.47. The van der Waals surface area contributed by atoms with Crippen LogP contribution in [0.3, 0.4) is 0 Å². The lowest BCUT2D eigenvalue weighted by Crippen LogP contribution is -2.33. The van der Waals surface area contributed by atoms with Gasteiger partial charge in [0.15, 0.2) is 0 Å². The summed E-state index contributed by atoms with van der Waals surface area (Å²) in [6, 6.07) is 69.1. The molecule has 0 saturated heterocycles. The largest absolute Gasteiger partial charge is 0.334 e. The summed E-state index contributed by atoms with van der Waals surface area (Å²) < 4.78 is 1.35. The molecule has 1 aliphatic heterocycles. The Morgan fingerprint density at radius 3 is 2.00 bits per heavy atom. The molecule has 4 aliphatic rings. The van der Waals surface area contributed by atoms with Crippen LogP contribution in [0, 0.1) is 11.3 Å². The Hall–Kier alpha value is -7.40. The Balaban J connectivity index is 1.06. The molecule has 0 spiro atoms. The Bertz CT molecular complexity index is 3250. The smallest absolute Gasteiger partial charge is 0.0566 e. The average molecular weight is 870 g/mol. The van der Waals surface area contributed by atoms with Gasteiger partial charge in [0.1, 0.15) is 0 Å². The van der Waals surface area contributed by atoms with Crippen molar-refractivity contribution in [2.75, 3.05) is 14.7 Å². The molecule has 0 saturated carbocycles. The Kier molecular flexibility index (Phi) is 10.1. The summed E-state index contributed by atoms with van der Waals surface area (Å²) in [5.74, 6) is 0.269. The molecule has 1 aromatic heterocycles. The summed E-state index contributed by atoms with van der Waals surface area (Å²) in [4.78, 5) is 8.98. The fourth-order valence-electron chi connectivity index (χ4n) is 11.0. The molecular weight excluding hydrogens is 819 g/mol. The molecule has 0 radical (unpaired) electrons. The molecule has 320 valence electrons. The zero-order valence-electron chi connectivity index (χ0n) is 37.4. The zero-order chi connectivity index (χ0) is 44.2. The topological polar surface area (TPSA) is 9.72 Å². The Morgan fingerprint density at radius 1 is 0.606 bits per heavy atom. The van der Waals surface area contributed by atoms with Crippen LogP contribution in [0.15, 0.2) is 235 Å². The van der Waals surface area contributed by atoms with Gasteiger partial charge >= 0.3 is 0 Å². The number of benzene rings is 7. The highest BCUT2D eigenvalue weighted by molar-refractivity contribution is 7.20. The molecule has 3 nitrogen and oxygen atoms in total. The minimum absolute atomic E-state index is 0.0957. The fraction of sp³-hybridized carbons (Fsp3) is 0.129. The first-order valence-corrected chi connectivity index (χ1v) is 24.2. The molecule has 66 heavy (non-hydrogen) atoms. The van der Waals surface area contributed by atoms with Crippen molar-refractivity contribution in [1.82, 2.24) is 0 Å². The highest BCUT2D eigenvalue weighted by atomic mass is 32.1. The maximum Gasteiger partial charge on any atom is 0.0566 e. The summed E-state index contributed by atoms with van der Waals surface area (Å²) in [6.45, 7) is 4.89. The van der Waals surface area contributed by atoms with Crippen molar-refractivity contribution in [2.24, 2.45) is 11.3 Å². The monoisotopic (exact) mass is 869 g/mol. The van der Waals surface area contributed by atoms with E-state index in [0.717, 1.165) is 36.3 Å². The van der Waals surface area contributed by atoms with Gasteiger partial charge in [-0.3, -0.25) is 0 Å². The quantitative estimate of drug-likeness (QED) is 0.143. The van der Waals surface area contributed by atoms with E-state index in [-0.39, 0.29) is 17.4 Å². The molecule has 0 amide bonds. The van der Waals surface area contributed by atoms with E-state index in [1.54, 1.807) is 0 Å². The van der Waals surface area contributed by atoms with E-state index in [4.69, 9.17) is 0 Å². The van der Waals surface area contributed by atoms with Crippen LogP contribution in [-0.2, 0) is 6.42 Å². The number of nitrogens with zero attached hydrogens (tertiary/aromatic N) is 3. The standard InChI is InChI=1S/C62H51N3S/c1-43-37-58-57(62(2)36-18-17-29-61(62)65(58)49-25-13-6-14-26-49)42-55(43)46-38-52(63(47-21-9-4-10-22-47)50-32-30-45(31-33-50)44-19-7-3-8-20-44)40-53(39-46)64(48-23-11-5-12-24-48)51-34-35-60-56(41-51)54-27-15-16-28-59(54)66-60/h3-35,38-40,42-43,51H,36-37,41H2,1-2H3. The second-order valence-electron chi connectivity index (χ2n) is 18.4. The van der Waals surface area contributed by atoms with Crippen LogP contribution in [0.5, 0.6) is 0 Å². The number of rotatable bonds is 9. The number of thiophene rings is 1. The van der Waals surface area contributed by atoms with Crippen molar-refractivity contribution in [3.8, 4) is 11.1 Å². The van der Waals surface area contributed by atoms with Crippen LogP contribution in [0.4, 0.5) is 34.1 Å². The van der Waals surface area contributed by atoms with E-state index in [1.807, 2.05) is 11.3 Å². The molecule has 3 aliphatic carbocycles. The summed E-state index contributed by atoms with van der Waals surface area (Å²) in [5, 5.41) is 1.37. The van der Waals surface area contributed by atoms with Crippen LogP contribution in [-0.4, -0.2) is 6.04 Å². The summed E-state index contributed by atoms with van der Waals surface area (Å²) in [5.41, 5.74) is 17.5. The van der Waals surface area contributed by atoms with Crippen LogP contribution >= 0.6 is 11.3 Å². The highest BCUT2D eigenvalue weighted by Crippen LogP contribution is 2.58. The second-order valence-corrected chi connectivity index (χ2v) is 19.4. The predicted octanol–water partition coefficient (Wildman–Crippen LogP) is 16.9. The van der Waals surface area contributed by atoms with Gasteiger partial charge in [-0.25, -0.2) is 0 Å². The first kappa shape index (κ1) is 40.1. The third-order valence-corrected chi connectivity index (χ3v) is 15.4. The van der Waals surface area contributed by atoms with Crippen LogP contribution < -0.4 is 14.7 Å². The van der Waals surface area contributed by atoms with Crippen LogP contribution in [0.2, 0.25) is 0 Å². The third kappa shape index (κ3) is 6.96. The molecule has 0 N–H and O–H groups in total. The van der Waals surface area contributed by atoms with Gasteiger partial charge in [0.25, 0.3) is 0 Å². The minimum atomic E-state index is -0.133. The van der Waals surface area contributed by atoms with Gasteiger partial charge in [-0.2, -0.15) is 0 Å². The predicted molar refractivity (Wildman–Crippen MR) is 281 cm³/mol.